The molecule has 0 heterocycles. The molecular formula is C11H16N2O6S2. The van der Waals surface area contributed by atoms with Gasteiger partial charge in [-0.15, -0.1) is 0 Å². The van der Waals surface area contributed by atoms with Gasteiger partial charge in [0.25, 0.3) is 0 Å². The van der Waals surface area contributed by atoms with Crippen molar-refractivity contribution in [1.29, 1.82) is 0 Å². The van der Waals surface area contributed by atoms with Gasteiger partial charge in [-0.1, -0.05) is 0 Å². The summed E-state index contributed by atoms with van der Waals surface area (Å²) in [6.45, 7) is 2.64. The van der Waals surface area contributed by atoms with Crippen molar-refractivity contribution >= 4 is 37.4 Å². The van der Waals surface area contributed by atoms with Crippen molar-refractivity contribution in [2.75, 3.05) is 15.7 Å². The number of nitrogens with one attached hydrogen (secondary N) is 2. The molecule has 1 unspecified atom stereocenters. The number of aryl methyl sites for hydroxylation is 1. The maximum Gasteiger partial charge on any atom is 0.323 e. The van der Waals surface area contributed by atoms with Gasteiger partial charge in [0.1, 0.15) is 0 Å². The van der Waals surface area contributed by atoms with Crippen LogP contribution in [0.15, 0.2) is 18.2 Å². The van der Waals surface area contributed by atoms with Crippen LogP contribution in [0.3, 0.4) is 0 Å². The zero-order valence-electron chi connectivity index (χ0n) is 11.6. The van der Waals surface area contributed by atoms with E-state index >= 15 is 0 Å². The molecule has 0 fully saturated rings. The van der Waals surface area contributed by atoms with Crippen LogP contribution in [0.4, 0.5) is 11.4 Å². The molecule has 10 heteroatoms. The van der Waals surface area contributed by atoms with Gasteiger partial charge in [-0.25, -0.2) is 16.8 Å². The zero-order valence-corrected chi connectivity index (χ0v) is 13.2. The van der Waals surface area contributed by atoms with E-state index in [1.165, 1.54) is 18.2 Å². The van der Waals surface area contributed by atoms with E-state index in [0.29, 0.717) is 11.3 Å². The van der Waals surface area contributed by atoms with Gasteiger partial charge in [-0.3, -0.25) is 14.2 Å². The third-order valence-electron chi connectivity index (χ3n) is 2.60. The van der Waals surface area contributed by atoms with Gasteiger partial charge < -0.3 is 5.11 Å². The van der Waals surface area contributed by atoms with Crippen molar-refractivity contribution in [1.82, 2.24) is 0 Å². The molecule has 0 amide bonds. The largest absolute Gasteiger partial charge is 0.480 e. The van der Waals surface area contributed by atoms with Crippen molar-refractivity contribution < 1.29 is 26.7 Å². The zero-order chi connectivity index (χ0) is 16.4. The molecule has 8 nitrogen and oxygen atoms in total. The van der Waals surface area contributed by atoms with Gasteiger partial charge in [0.15, 0.2) is 5.25 Å². The molecule has 0 saturated heterocycles. The molecule has 0 bridgehead atoms. The van der Waals surface area contributed by atoms with Crippen molar-refractivity contribution in [3.05, 3.63) is 23.8 Å². The van der Waals surface area contributed by atoms with Crippen LogP contribution in [0.5, 0.6) is 0 Å². The van der Waals surface area contributed by atoms with Crippen molar-refractivity contribution in [3.63, 3.8) is 0 Å². The Balaban J connectivity index is 3.03. The topological polar surface area (TPSA) is 130 Å². The fourth-order valence-corrected chi connectivity index (χ4v) is 2.95. The molecule has 1 aromatic rings. The molecule has 1 aromatic carbocycles. The lowest BCUT2D eigenvalue weighted by molar-refractivity contribution is -0.136. The number of sulfonamides is 2. The van der Waals surface area contributed by atoms with Crippen LogP contribution in [0, 0.1) is 6.92 Å². The van der Waals surface area contributed by atoms with Crippen molar-refractivity contribution in [2.45, 2.75) is 19.1 Å². The second kappa shape index (κ2) is 5.90. The summed E-state index contributed by atoms with van der Waals surface area (Å²) >= 11 is 0. The Morgan fingerprint density at radius 1 is 1.19 bits per heavy atom. The smallest absolute Gasteiger partial charge is 0.323 e. The summed E-state index contributed by atoms with van der Waals surface area (Å²) in [7, 11) is -7.50. The molecule has 1 atom stereocenters. The first-order valence-corrected chi connectivity index (χ1v) is 9.19. The van der Waals surface area contributed by atoms with E-state index in [4.69, 9.17) is 5.11 Å². The van der Waals surface area contributed by atoms with Crippen LogP contribution in [0.25, 0.3) is 0 Å². The highest BCUT2D eigenvalue weighted by molar-refractivity contribution is 7.94. The Morgan fingerprint density at radius 3 is 2.19 bits per heavy atom. The average Bonchev–Trinajstić information content (AvgIpc) is 2.29. The summed E-state index contributed by atoms with van der Waals surface area (Å²) in [5.41, 5.74) is 0.954. The Labute approximate surface area is 123 Å². The van der Waals surface area contributed by atoms with Crippen LogP contribution < -0.4 is 9.44 Å². The first kappa shape index (κ1) is 17.2. The van der Waals surface area contributed by atoms with Crippen molar-refractivity contribution in [2.24, 2.45) is 0 Å². The van der Waals surface area contributed by atoms with E-state index in [-0.39, 0.29) is 5.69 Å². The van der Waals surface area contributed by atoms with E-state index in [2.05, 4.69) is 9.44 Å². The van der Waals surface area contributed by atoms with Gasteiger partial charge in [0.2, 0.25) is 20.0 Å². The van der Waals surface area contributed by atoms with Crippen molar-refractivity contribution in [3.8, 4) is 0 Å². The lowest BCUT2D eigenvalue weighted by atomic mass is 10.2. The normalized spacial score (nSPS) is 13.5. The van der Waals surface area contributed by atoms with E-state index < -0.39 is 31.3 Å². The highest BCUT2D eigenvalue weighted by Gasteiger charge is 2.27. The van der Waals surface area contributed by atoms with Crippen LogP contribution in [0.1, 0.15) is 12.5 Å². The first-order chi connectivity index (χ1) is 9.42. The van der Waals surface area contributed by atoms with Crippen LogP contribution in [-0.2, 0) is 24.8 Å². The van der Waals surface area contributed by atoms with Gasteiger partial charge in [-0.2, -0.15) is 0 Å². The Kier molecular flexibility index (Phi) is 4.84. The fourth-order valence-electron chi connectivity index (χ4n) is 1.43. The fraction of sp³-hybridized carbons (Fsp3) is 0.364. The van der Waals surface area contributed by atoms with E-state index in [1.807, 2.05) is 0 Å². The SMILES string of the molecule is Cc1cc(NS(=O)(=O)C(C)C(=O)O)ccc1NS(C)(=O)=O. The third kappa shape index (κ3) is 4.90. The summed E-state index contributed by atoms with van der Waals surface area (Å²) in [6, 6.07) is 4.13. The molecule has 21 heavy (non-hydrogen) atoms. The highest BCUT2D eigenvalue weighted by Crippen LogP contribution is 2.22. The number of benzene rings is 1. The van der Waals surface area contributed by atoms with E-state index in [0.717, 1.165) is 13.2 Å². The number of carbonyl (C=O) groups is 1. The van der Waals surface area contributed by atoms with Crippen LogP contribution in [-0.4, -0.2) is 39.4 Å². The Morgan fingerprint density at radius 2 is 1.76 bits per heavy atom. The number of rotatable bonds is 6. The summed E-state index contributed by atoms with van der Waals surface area (Å²) < 4.78 is 50.2. The Bertz CT molecular complexity index is 755. The molecule has 0 aliphatic rings. The quantitative estimate of drug-likeness (QED) is 0.697. The number of hydrogen-bond acceptors (Lipinski definition) is 5. The molecule has 3 N–H and O–H groups in total. The van der Waals surface area contributed by atoms with Crippen LogP contribution in [0.2, 0.25) is 0 Å². The molecule has 0 radical (unpaired) electrons. The maximum absolute atomic E-state index is 11.8. The lowest BCUT2D eigenvalue weighted by Crippen LogP contribution is -2.32. The summed E-state index contributed by atoms with van der Waals surface area (Å²) in [5, 5.41) is 7.12. The number of carboxylic acid groups (broad SMARTS) is 1. The number of hydrogen-bond donors (Lipinski definition) is 3. The third-order valence-corrected chi connectivity index (χ3v) is 4.84. The lowest BCUT2D eigenvalue weighted by Gasteiger charge is -2.13. The van der Waals surface area contributed by atoms with Gasteiger partial charge in [0, 0.05) is 5.69 Å². The number of aliphatic carboxylic acids is 1. The minimum absolute atomic E-state index is 0.152. The van der Waals surface area contributed by atoms with E-state index in [9.17, 15) is 21.6 Å². The number of carboxylic acids is 1. The maximum atomic E-state index is 11.8. The Hall–Kier alpha value is -1.81. The van der Waals surface area contributed by atoms with Gasteiger partial charge in [-0.05, 0) is 37.6 Å². The molecule has 0 aliphatic heterocycles. The standard InChI is InChI=1S/C11H16N2O6S2/c1-7-6-9(4-5-10(7)13-20(3,16)17)12-21(18,19)8(2)11(14)15/h4-6,8,12-13H,1-3H3,(H,14,15). The predicted molar refractivity (Wildman–Crippen MR) is 79.3 cm³/mol. The van der Waals surface area contributed by atoms with Gasteiger partial charge in [0.05, 0.1) is 11.9 Å². The molecular weight excluding hydrogens is 320 g/mol. The van der Waals surface area contributed by atoms with E-state index in [1.54, 1.807) is 6.92 Å². The van der Waals surface area contributed by atoms with Crippen LogP contribution >= 0.6 is 0 Å². The second-order valence-electron chi connectivity index (χ2n) is 4.53. The monoisotopic (exact) mass is 336 g/mol. The summed E-state index contributed by atoms with van der Waals surface area (Å²) in [5.74, 6) is -1.46. The molecule has 1 rings (SSSR count). The summed E-state index contributed by atoms with van der Waals surface area (Å²) in [4.78, 5) is 10.7. The molecule has 118 valence electrons. The molecule has 0 aromatic heterocycles. The minimum atomic E-state index is -4.07. The summed E-state index contributed by atoms with van der Waals surface area (Å²) in [6.07, 6.45) is 0.998. The number of anilines is 2. The predicted octanol–water partition coefficient (Wildman–Crippen LogP) is 0.581. The highest BCUT2D eigenvalue weighted by atomic mass is 32.2. The van der Waals surface area contributed by atoms with Gasteiger partial charge >= 0.3 is 5.97 Å². The molecule has 0 aliphatic carbocycles. The first-order valence-electron chi connectivity index (χ1n) is 5.75. The second-order valence-corrected chi connectivity index (χ2v) is 8.28. The molecule has 0 spiro atoms. The average molecular weight is 336 g/mol. The minimum Gasteiger partial charge on any atom is -0.480 e. The molecule has 0 saturated carbocycles.